The van der Waals surface area contributed by atoms with Crippen LogP contribution >= 0.6 is 0 Å². The van der Waals surface area contributed by atoms with Crippen LogP contribution in [-0.2, 0) is 4.79 Å². The van der Waals surface area contributed by atoms with E-state index in [1.165, 1.54) is 24.3 Å². The molecule has 1 aliphatic carbocycles. The van der Waals surface area contributed by atoms with Gasteiger partial charge in [0, 0.05) is 36.7 Å². The number of nitrogens with zero attached hydrogens (tertiary/aromatic N) is 1. The fraction of sp³-hybridized carbons (Fsp3) is 0.444. The highest BCUT2D eigenvalue weighted by atomic mass is 19.1. The van der Waals surface area contributed by atoms with Gasteiger partial charge in [-0.25, -0.2) is 4.39 Å². The largest absolute Gasteiger partial charge is 0.351 e. The number of halogens is 1. The minimum absolute atomic E-state index is 0.138. The Morgan fingerprint density at radius 2 is 2.04 bits per heavy atom. The summed E-state index contributed by atoms with van der Waals surface area (Å²) in [5.41, 5.74) is 1.33. The molecule has 1 saturated heterocycles. The van der Waals surface area contributed by atoms with Crippen LogP contribution in [0.15, 0.2) is 36.0 Å². The van der Waals surface area contributed by atoms with E-state index in [0.29, 0.717) is 18.5 Å². The minimum Gasteiger partial charge on any atom is -0.351 e. The van der Waals surface area contributed by atoms with E-state index >= 15 is 0 Å². The van der Waals surface area contributed by atoms with Crippen LogP contribution in [0.1, 0.15) is 42.5 Å². The molecule has 3 rings (SSSR count). The normalized spacial score (nSPS) is 24.0. The molecule has 0 spiro atoms. The van der Waals surface area contributed by atoms with E-state index in [4.69, 9.17) is 0 Å². The lowest BCUT2D eigenvalue weighted by Crippen LogP contribution is -2.49. The Kier molecular flexibility index (Phi) is 4.20. The minimum atomic E-state index is -0.356. The number of hydrogen-bond acceptors (Lipinski definition) is 2. The highest BCUT2D eigenvalue weighted by Crippen LogP contribution is 2.45. The Morgan fingerprint density at radius 1 is 1.30 bits per heavy atom. The monoisotopic (exact) mass is 316 g/mol. The van der Waals surface area contributed by atoms with Gasteiger partial charge in [-0.2, -0.15) is 0 Å². The quantitative estimate of drug-likeness (QED) is 0.932. The van der Waals surface area contributed by atoms with Gasteiger partial charge in [0.05, 0.1) is 0 Å². The summed E-state index contributed by atoms with van der Waals surface area (Å²) < 4.78 is 13.0. The average Bonchev–Trinajstić information content (AvgIpc) is 2.57. The number of carbonyl (C=O) groups excluding carboxylic acids is 2. The third kappa shape index (κ3) is 3.00. The molecule has 1 fully saturated rings. The van der Waals surface area contributed by atoms with Gasteiger partial charge in [-0.3, -0.25) is 9.59 Å². The Balaban J connectivity index is 1.74. The smallest absolute Gasteiger partial charge is 0.251 e. The van der Waals surface area contributed by atoms with Gasteiger partial charge in [-0.05, 0) is 49.9 Å². The van der Waals surface area contributed by atoms with E-state index in [1.807, 2.05) is 7.05 Å². The fourth-order valence-electron chi connectivity index (χ4n) is 3.64. The molecule has 1 aromatic rings. The van der Waals surface area contributed by atoms with Crippen LogP contribution in [-0.4, -0.2) is 30.3 Å². The summed E-state index contributed by atoms with van der Waals surface area (Å²) in [7, 11) is 1.81. The fourth-order valence-corrected chi connectivity index (χ4v) is 3.64. The van der Waals surface area contributed by atoms with Crippen molar-refractivity contribution in [2.75, 3.05) is 13.6 Å². The zero-order chi connectivity index (χ0) is 16.4. The lowest BCUT2D eigenvalue weighted by Gasteiger charge is -2.46. The summed E-state index contributed by atoms with van der Waals surface area (Å²) in [6, 6.07) is 5.53. The van der Waals surface area contributed by atoms with Crippen molar-refractivity contribution in [2.45, 2.75) is 32.1 Å². The van der Waals surface area contributed by atoms with E-state index in [1.54, 1.807) is 4.90 Å². The number of likely N-dealkylation sites (tertiary alicyclic amines) is 1. The molecule has 1 atom stereocenters. The standard InChI is InChI=1S/C18H21FN2O2/c1-21-15-4-2-3-10-18(15,11-9-16(21)22)12-20-17(23)13-5-7-14(19)8-6-13/h4-8H,2-3,9-12H2,1H3,(H,20,23). The van der Waals surface area contributed by atoms with Crippen LogP contribution in [0.2, 0.25) is 0 Å². The Hall–Kier alpha value is -2.17. The molecule has 122 valence electrons. The number of fused-ring (bicyclic) bond motifs is 1. The number of piperidine rings is 1. The zero-order valence-electron chi connectivity index (χ0n) is 13.3. The molecular weight excluding hydrogens is 295 g/mol. The molecule has 0 radical (unpaired) electrons. The van der Waals surface area contributed by atoms with E-state index < -0.39 is 0 Å². The maximum absolute atomic E-state index is 13.0. The molecule has 1 N–H and O–H groups in total. The van der Waals surface area contributed by atoms with Crippen molar-refractivity contribution in [3.8, 4) is 0 Å². The van der Waals surface area contributed by atoms with Gasteiger partial charge < -0.3 is 10.2 Å². The van der Waals surface area contributed by atoms with Gasteiger partial charge in [0.25, 0.3) is 5.91 Å². The van der Waals surface area contributed by atoms with Gasteiger partial charge in [0.1, 0.15) is 5.82 Å². The van der Waals surface area contributed by atoms with Crippen molar-refractivity contribution < 1.29 is 14.0 Å². The molecule has 0 saturated carbocycles. The van der Waals surface area contributed by atoms with E-state index in [9.17, 15) is 14.0 Å². The predicted octanol–water partition coefficient (Wildman–Crippen LogP) is 2.86. The van der Waals surface area contributed by atoms with Gasteiger partial charge in [-0.15, -0.1) is 0 Å². The zero-order valence-corrected chi connectivity index (χ0v) is 13.3. The first-order valence-corrected chi connectivity index (χ1v) is 8.03. The molecule has 1 aliphatic heterocycles. The summed E-state index contributed by atoms with van der Waals surface area (Å²) >= 11 is 0. The van der Waals surface area contributed by atoms with Gasteiger partial charge in [0.2, 0.25) is 5.91 Å². The first-order valence-electron chi connectivity index (χ1n) is 8.03. The number of allylic oxidation sites excluding steroid dienone is 1. The third-order valence-electron chi connectivity index (χ3n) is 4.99. The van der Waals surface area contributed by atoms with Crippen molar-refractivity contribution in [2.24, 2.45) is 5.41 Å². The molecule has 23 heavy (non-hydrogen) atoms. The molecule has 2 amide bonds. The number of benzene rings is 1. The lowest BCUT2D eigenvalue weighted by molar-refractivity contribution is -0.132. The average molecular weight is 316 g/mol. The summed E-state index contributed by atoms with van der Waals surface area (Å²) in [6.45, 7) is 0.507. The van der Waals surface area contributed by atoms with Crippen LogP contribution in [0.5, 0.6) is 0 Å². The molecule has 1 heterocycles. The highest BCUT2D eigenvalue weighted by Gasteiger charge is 2.43. The Morgan fingerprint density at radius 3 is 2.78 bits per heavy atom. The molecule has 1 unspecified atom stereocenters. The number of amides is 2. The number of rotatable bonds is 3. The molecule has 1 aromatic carbocycles. The first kappa shape index (κ1) is 15.7. The summed E-state index contributed by atoms with van der Waals surface area (Å²) in [5, 5.41) is 2.97. The predicted molar refractivity (Wildman–Crippen MR) is 85.1 cm³/mol. The molecular formula is C18H21FN2O2. The van der Waals surface area contributed by atoms with Crippen molar-refractivity contribution in [3.63, 3.8) is 0 Å². The maximum Gasteiger partial charge on any atom is 0.251 e. The lowest BCUT2D eigenvalue weighted by atomic mass is 9.70. The second-order valence-corrected chi connectivity index (χ2v) is 6.40. The van der Waals surface area contributed by atoms with Crippen molar-refractivity contribution in [1.82, 2.24) is 10.2 Å². The summed E-state index contributed by atoms with van der Waals surface area (Å²) in [5.74, 6) is -0.424. The molecule has 0 aromatic heterocycles. The van der Waals surface area contributed by atoms with Gasteiger partial charge in [-0.1, -0.05) is 6.08 Å². The summed E-state index contributed by atoms with van der Waals surface area (Å²) in [4.78, 5) is 26.0. The second kappa shape index (κ2) is 6.14. The molecule has 4 nitrogen and oxygen atoms in total. The van der Waals surface area contributed by atoms with Crippen LogP contribution in [0.4, 0.5) is 4.39 Å². The number of carbonyl (C=O) groups is 2. The Labute approximate surface area is 135 Å². The van der Waals surface area contributed by atoms with Crippen LogP contribution in [0.3, 0.4) is 0 Å². The molecule has 2 aliphatic rings. The second-order valence-electron chi connectivity index (χ2n) is 6.40. The van der Waals surface area contributed by atoms with E-state index in [2.05, 4.69) is 11.4 Å². The topological polar surface area (TPSA) is 49.4 Å². The van der Waals surface area contributed by atoms with Crippen LogP contribution < -0.4 is 5.32 Å². The van der Waals surface area contributed by atoms with Gasteiger partial charge in [0.15, 0.2) is 0 Å². The van der Waals surface area contributed by atoms with Gasteiger partial charge >= 0.3 is 0 Å². The third-order valence-corrected chi connectivity index (χ3v) is 4.99. The summed E-state index contributed by atoms with van der Waals surface area (Å²) in [6.07, 6.45) is 6.43. The Bertz CT molecular complexity index is 653. The van der Waals surface area contributed by atoms with E-state index in [0.717, 1.165) is 31.4 Å². The number of nitrogens with one attached hydrogen (secondary N) is 1. The molecule has 5 heteroatoms. The SMILES string of the molecule is CN1C(=O)CCC2(CNC(=O)c3ccc(F)cc3)CCCC=C12. The first-order chi connectivity index (χ1) is 11.0. The van der Waals surface area contributed by atoms with Crippen molar-refractivity contribution in [1.29, 1.82) is 0 Å². The molecule has 0 bridgehead atoms. The van der Waals surface area contributed by atoms with E-state index in [-0.39, 0.29) is 23.0 Å². The maximum atomic E-state index is 13.0. The highest BCUT2D eigenvalue weighted by molar-refractivity contribution is 5.94. The van der Waals surface area contributed by atoms with Crippen LogP contribution in [0, 0.1) is 11.2 Å². The van der Waals surface area contributed by atoms with Crippen molar-refractivity contribution >= 4 is 11.8 Å². The number of hydrogen-bond donors (Lipinski definition) is 1. The van der Waals surface area contributed by atoms with Crippen molar-refractivity contribution in [3.05, 3.63) is 47.4 Å². The van der Waals surface area contributed by atoms with Crippen LogP contribution in [0.25, 0.3) is 0 Å².